The molecule has 0 saturated carbocycles. The van der Waals surface area contributed by atoms with Gasteiger partial charge in [0.15, 0.2) is 0 Å². The van der Waals surface area contributed by atoms with Crippen LogP contribution in [0.25, 0.3) is 5.57 Å². The van der Waals surface area contributed by atoms with Gasteiger partial charge in [0, 0.05) is 29.2 Å². The SMILES string of the molecule is CC1=NCC(C)=C1c1cccnc1. The van der Waals surface area contributed by atoms with Crippen LogP contribution >= 0.6 is 0 Å². The summed E-state index contributed by atoms with van der Waals surface area (Å²) in [5, 5.41) is 0. The molecule has 13 heavy (non-hydrogen) atoms. The molecular weight excluding hydrogens is 160 g/mol. The maximum absolute atomic E-state index is 4.39. The van der Waals surface area contributed by atoms with Crippen molar-refractivity contribution >= 4 is 11.3 Å². The Kier molecular flexibility index (Phi) is 1.97. The van der Waals surface area contributed by atoms with Crippen LogP contribution in [0.2, 0.25) is 0 Å². The summed E-state index contributed by atoms with van der Waals surface area (Å²) >= 11 is 0. The van der Waals surface area contributed by atoms with Crippen LogP contribution in [0, 0.1) is 0 Å². The Bertz CT molecular complexity index is 374. The summed E-state index contributed by atoms with van der Waals surface area (Å²) < 4.78 is 0. The maximum atomic E-state index is 4.39. The molecule has 0 bridgehead atoms. The summed E-state index contributed by atoms with van der Waals surface area (Å²) in [7, 11) is 0. The summed E-state index contributed by atoms with van der Waals surface area (Å²) in [5.41, 5.74) is 4.92. The van der Waals surface area contributed by atoms with Crippen molar-refractivity contribution in [1.82, 2.24) is 4.98 Å². The minimum absolute atomic E-state index is 0.843. The second-order valence-corrected chi connectivity index (χ2v) is 3.30. The molecule has 0 amide bonds. The van der Waals surface area contributed by atoms with Crippen molar-refractivity contribution < 1.29 is 0 Å². The molecular formula is C11H12N2. The van der Waals surface area contributed by atoms with Crippen molar-refractivity contribution in [2.75, 3.05) is 6.54 Å². The van der Waals surface area contributed by atoms with Gasteiger partial charge in [-0.05, 0) is 25.5 Å². The van der Waals surface area contributed by atoms with Crippen LogP contribution in [0.1, 0.15) is 19.4 Å². The fourth-order valence-electron chi connectivity index (χ4n) is 1.67. The average molecular weight is 172 g/mol. The molecule has 2 rings (SSSR count). The lowest BCUT2D eigenvalue weighted by Crippen LogP contribution is -1.94. The lowest BCUT2D eigenvalue weighted by atomic mass is 10.0. The van der Waals surface area contributed by atoms with Gasteiger partial charge in [0.25, 0.3) is 0 Å². The van der Waals surface area contributed by atoms with Gasteiger partial charge in [-0.1, -0.05) is 6.07 Å². The van der Waals surface area contributed by atoms with Gasteiger partial charge in [-0.25, -0.2) is 0 Å². The number of hydrogen-bond acceptors (Lipinski definition) is 2. The summed E-state index contributed by atoms with van der Waals surface area (Å²) in [5.74, 6) is 0. The third kappa shape index (κ3) is 1.39. The molecule has 2 nitrogen and oxygen atoms in total. The topological polar surface area (TPSA) is 25.2 Å². The van der Waals surface area contributed by atoms with Crippen molar-refractivity contribution in [3.05, 3.63) is 35.7 Å². The van der Waals surface area contributed by atoms with E-state index in [1.54, 1.807) is 6.20 Å². The summed E-state index contributed by atoms with van der Waals surface area (Å²) in [4.78, 5) is 8.50. The van der Waals surface area contributed by atoms with Crippen LogP contribution in [-0.2, 0) is 0 Å². The van der Waals surface area contributed by atoms with Gasteiger partial charge in [-0.3, -0.25) is 9.98 Å². The Morgan fingerprint density at radius 3 is 2.69 bits per heavy atom. The fourth-order valence-corrected chi connectivity index (χ4v) is 1.67. The lowest BCUT2D eigenvalue weighted by molar-refractivity contribution is 1.17. The van der Waals surface area contributed by atoms with Gasteiger partial charge in [-0.15, -0.1) is 0 Å². The Morgan fingerprint density at radius 2 is 2.15 bits per heavy atom. The van der Waals surface area contributed by atoms with E-state index in [0.29, 0.717) is 0 Å². The lowest BCUT2D eigenvalue weighted by Gasteiger charge is -2.03. The Labute approximate surface area is 78.0 Å². The molecule has 0 unspecified atom stereocenters. The highest BCUT2D eigenvalue weighted by molar-refractivity contribution is 6.25. The van der Waals surface area contributed by atoms with E-state index in [1.807, 2.05) is 12.3 Å². The molecule has 0 aromatic carbocycles. The van der Waals surface area contributed by atoms with Crippen molar-refractivity contribution in [3.63, 3.8) is 0 Å². The zero-order valence-corrected chi connectivity index (χ0v) is 7.91. The van der Waals surface area contributed by atoms with Crippen LogP contribution in [0.15, 0.2) is 35.1 Å². The number of aliphatic imine (C=N–C) groups is 1. The van der Waals surface area contributed by atoms with E-state index in [4.69, 9.17) is 0 Å². The van der Waals surface area contributed by atoms with Crippen molar-refractivity contribution in [3.8, 4) is 0 Å². The molecule has 1 aliphatic heterocycles. The number of nitrogens with zero attached hydrogens (tertiary/aromatic N) is 2. The first kappa shape index (κ1) is 8.17. The van der Waals surface area contributed by atoms with E-state index in [1.165, 1.54) is 16.7 Å². The van der Waals surface area contributed by atoms with Gasteiger partial charge in [0.05, 0.1) is 6.54 Å². The smallest absolute Gasteiger partial charge is 0.0610 e. The summed E-state index contributed by atoms with van der Waals surface area (Å²) in [6.45, 7) is 5.03. The number of pyridine rings is 1. The number of rotatable bonds is 1. The molecule has 1 aromatic rings. The van der Waals surface area contributed by atoms with Crippen LogP contribution in [0.5, 0.6) is 0 Å². The van der Waals surface area contributed by atoms with E-state index in [-0.39, 0.29) is 0 Å². The predicted octanol–water partition coefficient (Wildman–Crippen LogP) is 2.33. The fraction of sp³-hybridized carbons (Fsp3) is 0.273. The zero-order chi connectivity index (χ0) is 9.26. The first-order chi connectivity index (χ1) is 6.29. The Balaban J connectivity index is 2.48. The quantitative estimate of drug-likeness (QED) is 0.638. The Hall–Kier alpha value is -1.44. The Morgan fingerprint density at radius 1 is 1.31 bits per heavy atom. The van der Waals surface area contributed by atoms with Gasteiger partial charge < -0.3 is 0 Å². The van der Waals surface area contributed by atoms with Gasteiger partial charge in [-0.2, -0.15) is 0 Å². The summed E-state index contributed by atoms with van der Waals surface area (Å²) in [6.07, 6.45) is 3.68. The van der Waals surface area contributed by atoms with Gasteiger partial charge >= 0.3 is 0 Å². The molecule has 2 heteroatoms. The number of aromatic nitrogens is 1. The molecule has 0 fully saturated rings. The van der Waals surface area contributed by atoms with Crippen LogP contribution in [0.3, 0.4) is 0 Å². The third-order valence-electron chi connectivity index (χ3n) is 2.29. The molecule has 0 aliphatic carbocycles. The highest BCUT2D eigenvalue weighted by Crippen LogP contribution is 2.24. The zero-order valence-electron chi connectivity index (χ0n) is 7.91. The molecule has 66 valence electrons. The van der Waals surface area contributed by atoms with E-state index in [2.05, 4.69) is 29.9 Å². The standard InChI is InChI=1S/C11H12N2/c1-8-6-13-9(2)11(8)10-4-3-5-12-7-10/h3-5,7H,6H2,1-2H3. The van der Waals surface area contributed by atoms with Crippen LogP contribution in [0.4, 0.5) is 0 Å². The second kappa shape index (κ2) is 3.13. The highest BCUT2D eigenvalue weighted by atomic mass is 14.8. The molecule has 0 radical (unpaired) electrons. The average Bonchev–Trinajstić information content (AvgIpc) is 2.48. The van der Waals surface area contributed by atoms with E-state index in [0.717, 1.165) is 12.3 Å². The molecule has 1 aliphatic rings. The van der Waals surface area contributed by atoms with Crippen LogP contribution in [-0.4, -0.2) is 17.2 Å². The largest absolute Gasteiger partial charge is 0.285 e. The minimum atomic E-state index is 0.843. The molecule has 0 atom stereocenters. The number of allylic oxidation sites excluding steroid dienone is 1. The van der Waals surface area contributed by atoms with E-state index >= 15 is 0 Å². The van der Waals surface area contributed by atoms with Gasteiger partial charge in [0.2, 0.25) is 0 Å². The molecule has 1 aromatic heterocycles. The second-order valence-electron chi connectivity index (χ2n) is 3.30. The maximum Gasteiger partial charge on any atom is 0.0610 e. The first-order valence-electron chi connectivity index (χ1n) is 4.40. The van der Waals surface area contributed by atoms with Gasteiger partial charge in [0.1, 0.15) is 0 Å². The highest BCUT2D eigenvalue weighted by Gasteiger charge is 2.13. The van der Waals surface area contributed by atoms with E-state index in [9.17, 15) is 0 Å². The predicted molar refractivity (Wildman–Crippen MR) is 54.8 cm³/mol. The first-order valence-corrected chi connectivity index (χ1v) is 4.40. The number of hydrogen-bond donors (Lipinski definition) is 0. The molecule has 0 N–H and O–H groups in total. The van der Waals surface area contributed by atoms with Crippen molar-refractivity contribution in [2.45, 2.75) is 13.8 Å². The molecule has 2 heterocycles. The summed E-state index contributed by atoms with van der Waals surface area (Å²) in [6, 6.07) is 4.04. The minimum Gasteiger partial charge on any atom is -0.285 e. The van der Waals surface area contributed by atoms with Crippen LogP contribution < -0.4 is 0 Å². The van der Waals surface area contributed by atoms with Crippen molar-refractivity contribution in [2.24, 2.45) is 4.99 Å². The normalized spacial score (nSPS) is 16.3. The monoisotopic (exact) mass is 172 g/mol. The third-order valence-corrected chi connectivity index (χ3v) is 2.29. The molecule has 0 saturated heterocycles. The van der Waals surface area contributed by atoms with Crippen molar-refractivity contribution in [1.29, 1.82) is 0 Å². The molecule has 0 spiro atoms. The van der Waals surface area contributed by atoms with E-state index < -0.39 is 0 Å².